The van der Waals surface area contributed by atoms with Gasteiger partial charge in [-0.3, -0.25) is 4.99 Å². The van der Waals surface area contributed by atoms with Gasteiger partial charge in [-0.25, -0.2) is 4.39 Å². The Labute approximate surface area is 115 Å². The molecule has 0 fully saturated rings. The van der Waals surface area contributed by atoms with Crippen LogP contribution in [0.15, 0.2) is 42.8 Å². The molecule has 88 valence electrons. The second kappa shape index (κ2) is 5.14. The first kappa shape index (κ1) is 12.5. The minimum absolute atomic E-state index is 0.229. The monoisotopic (exact) mass is 359 g/mol. The van der Waals surface area contributed by atoms with Crippen molar-refractivity contribution in [3.63, 3.8) is 0 Å². The number of hydrogen-bond acceptors (Lipinski definition) is 2. The Hall–Kier alpha value is -0.940. The topological polar surface area (TPSA) is 25.5 Å². The first-order valence-electron chi connectivity index (χ1n) is 4.81. The zero-order valence-corrected chi connectivity index (χ0v) is 12.0. The van der Waals surface area contributed by atoms with Gasteiger partial charge in [0.05, 0.1) is 16.4 Å². The van der Waals surface area contributed by atoms with Gasteiger partial charge in [0.25, 0.3) is 0 Å². The molecule has 0 spiro atoms. The Morgan fingerprint density at radius 3 is 2.65 bits per heavy atom. The van der Waals surface area contributed by atoms with Gasteiger partial charge in [0.1, 0.15) is 11.6 Å². The van der Waals surface area contributed by atoms with E-state index in [4.69, 9.17) is 4.42 Å². The van der Waals surface area contributed by atoms with E-state index in [1.807, 2.05) is 0 Å². The van der Waals surface area contributed by atoms with Gasteiger partial charge in [-0.15, -0.1) is 0 Å². The number of rotatable bonds is 2. The maximum atomic E-state index is 13.0. The number of aryl methyl sites for hydroxylation is 1. The fourth-order valence-corrected chi connectivity index (χ4v) is 1.88. The minimum Gasteiger partial charge on any atom is -0.447 e. The van der Waals surface area contributed by atoms with Crippen molar-refractivity contribution in [1.29, 1.82) is 0 Å². The third-order valence-electron chi connectivity index (χ3n) is 2.15. The summed E-state index contributed by atoms with van der Waals surface area (Å²) in [6, 6.07) is 6.49. The zero-order valence-electron chi connectivity index (χ0n) is 8.88. The van der Waals surface area contributed by atoms with Crippen molar-refractivity contribution in [2.75, 3.05) is 0 Å². The molecule has 0 amide bonds. The normalized spacial score (nSPS) is 11.3. The van der Waals surface area contributed by atoms with Crippen molar-refractivity contribution < 1.29 is 8.81 Å². The highest BCUT2D eigenvalue weighted by atomic mass is 79.9. The smallest absolute Gasteiger partial charge is 0.184 e. The summed E-state index contributed by atoms with van der Waals surface area (Å²) < 4.78 is 19.8. The van der Waals surface area contributed by atoms with E-state index < -0.39 is 0 Å². The van der Waals surface area contributed by atoms with Crippen molar-refractivity contribution in [3.05, 3.63) is 50.5 Å². The quantitative estimate of drug-likeness (QED) is 0.691. The van der Waals surface area contributed by atoms with Crippen LogP contribution in [0.1, 0.15) is 11.3 Å². The molecule has 2 aromatic rings. The van der Waals surface area contributed by atoms with Crippen molar-refractivity contribution in [1.82, 2.24) is 0 Å². The van der Waals surface area contributed by atoms with E-state index in [1.54, 1.807) is 31.3 Å². The molecule has 0 saturated carbocycles. The molecule has 0 radical (unpaired) electrons. The highest BCUT2D eigenvalue weighted by molar-refractivity contribution is 9.13. The van der Waals surface area contributed by atoms with Crippen LogP contribution in [0, 0.1) is 12.7 Å². The predicted octanol–water partition coefficient (Wildman–Crippen LogP) is 5.00. The van der Waals surface area contributed by atoms with E-state index >= 15 is 0 Å². The van der Waals surface area contributed by atoms with E-state index in [0.717, 1.165) is 4.47 Å². The first-order valence-corrected chi connectivity index (χ1v) is 6.40. The van der Waals surface area contributed by atoms with Gasteiger partial charge in [-0.05, 0) is 62.5 Å². The van der Waals surface area contributed by atoms with E-state index in [0.29, 0.717) is 21.7 Å². The van der Waals surface area contributed by atoms with Crippen LogP contribution in [-0.2, 0) is 0 Å². The summed E-state index contributed by atoms with van der Waals surface area (Å²) in [6.07, 6.45) is 1.59. The number of hydrogen-bond donors (Lipinski definition) is 0. The third-order valence-corrected chi connectivity index (χ3v) is 3.86. The van der Waals surface area contributed by atoms with Gasteiger partial charge >= 0.3 is 0 Å². The summed E-state index contributed by atoms with van der Waals surface area (Å²) >= 11 is 6.55. The van der Waals surface area contributed by atoms with Gasteiger partial charge in [-0.2, -0.15) is 0 Å². The number of nitrogens with zero attached hydrogens (tertiary/aromatic N) is 1. The predicted molar refractivity (Wildman–Crippen MR) is 72.5 cm³/mol. The molecule has 0 saturated heterocycles. The minimum atomic E-state index is -0.229. The standard InChI is InChI=1S/C12H8Br2FNO/c1-7-4-8(2-3-11(7)15)16-6-9-5-10(13)12(14)17-9/h2-6H,1H3. The highest BCUT2D eigenvalue weighted by Gasteiger charge is 2.03. The average Bonchev–Trinajstić information content (AvgIpc) is 2.60. The van der Waals surface area contributed by atoms with E-state index in [2.05, 4.69) is 36.9 Å². The van der Waals surface area contributed by atoms with Crippen molar-refractivity contribution >= 4 is 43.8 Å². The Morgan fingerprint density at radius 1 is 1.29 bits per heavy atom. The molecule has 5 heteroatoms. The molecule has 1 heterocycles. The molecule has 1 aromatic heterocycles. The third kappa shape index (κ3) is 3.04. The highest BCUT2D eigenvalue weighted by Crippen LogP contribution is 2.26. The molecular weight excluding hydrogens is 353 g/mol. The van der Waals surface area contributed by atoms with Crippen LogP contribution in [-0.4, -0.2) is 6.21 Å². The molecule has 0 N–H and O–H groups in total. The molecule has 0 aliphatic heterocycles. The van der Waals surface area contributed by atoms with Crippen molar-refractivity contribution in [3.8, 4) is 0 Å². The fourth-order valence-electron chi connectivity index (χ4n) is 1.27. The van der Waals surface area contributed by atoms with Crippen LogP contribution in [0.5, 0.6) is 0 Å². The Morgan fingerprint density at radius 2 is 2.06 bits per heavy atom. The molecule has 2 nitrogen and oxygen atoms in total. The molecule has 0 atom stereocenters. The van der Waals surface area contributed by atoms with Crippen LogP contribution in [0.4, 0.5) is 10.1 Å². The van der Waals surface area contributed by atoms with Gasteiger partial charge in [0.2, 0.25) is 0 Å². The first-order chi connectivity index (χ1) is 8.06. The van der Waals surface area contributed by atoms with Crippen LogP contribution < -0.4 is 0 Å². The van der Waals surface area contributed by atoms with Crippen LogP contribution in [0.2, 0.25) is 0 Å². The van der Waals surface area contributed by atoms with Crippen LogP contribution >= 0.6 is 31.9 Å². The van der Waals surface area contributed by atoms with Gasteiger partial charge in [0, 0.05) is 6.07 Å². The van der Waals surface area contributed by atoms with E-state index in [9.17, 15) is 4.39 Å². The lowest BCUT2D eigenvalue weighted by Gasteiger charge is -1.96. The average molecular weight is 361 g/mol. The number of furan rings is 1. The Balaban J connectivity index is 2.22. The lowest BCUT2D eigenvalue weighted by atomic mass is 10.2. The number of halogens is 3. The second-order valence-electron chi connectivity index (χ2n) is 3.46. The summed E-state index contributed by atoms with van der Waals surface area (Å²) in [4.78, 5) is 4.21. The largest absolute Gasteiger partial charge is 0.447 e. The molecular formula is C12H8Br2FNO. The number of aliphatic imine (C=N–C) groups is 1. The maximum absolute atomic E-state index is 13.0. The van der Waals surface area contributed by atoms with E-state index in [1.165, 1.54) is 6.07 Å². The second-order valence-corrected chi connectivity index (χ2v) is 5.04. The van der Waals surface area contributed by atoms with Crippen molar-refractivity contribution in [2.45, 2.75) is 6.92 Å². The lowest BCUT2D eigenvalue weighted by Crippen LogP contribution is -1.80. The van der Waals surface area contributed by atoms with Gasteiger partial charge in [-0.1, -0.05) is 0 Å². The SMILES string of the molecule is Cc1cc(N=Cc2cc(Br)c(Br)o2)ccc1F. The molecule has 0 bridgehead atoms. The molecule has 2 rings (SSSR count). The molecule has 0 aliphatic carbocycles. The molecule has 1 aromatic carbocycles. The number of benzene rings is 1. The fraction of sp³-hybridized carbons (Fsp3) is 0.0833. The maximum Gasteiger partial charge on any atom is 0.184 e. The summed E-state index contributed by atoms with van der Waals surface area (Å²) in [6.45, 7) is 1.70. The zero-order chi connectivity index (χ0) is 12.4. The van der Waals surface area contributed by atoms with Crippen molar-refractivity contribution in [2.24, 2.45) is 4.99 Å². The van der Waals surface area contributed by atoms with Gasteiger partial charge < -0.3 is 4.42 Å². The summed E-state index contributed by atoms with van der Waals surface area (Å²) in [5.74, 6) is 0.387. The Kier molecular flexibility index (Phi) is 3.79. The molecule has 0 unspecified atom stereocenters. The molecule has 0 aliphatic rings. The Bertz CT molecular complexity index is 558. The van der Waals surface area contributed by atoms with Crippen LogP contribution in [0.25, 0.3) is 0 Å². The summed E-state index contributed by atoms with van der Waals surface area (Å²) in [5, 5.41) is 0. The van der Waals surface area contributed by atoms with E-state index in [-0.39, 0.29) is 5.82 Å². The summed E-state index contributed by atoms with van der Waals surface area (Å²) in [5.41, 5.74) is 1.26. The molecule has 17 heavy (non-hydrogen) atoms. The summed E-state index contributed by atoms with van der Waals surface area (Å²) in [7, 11) is 0. The lowest BCUT2D eigenvalue weighted by molar-refractivity contribution is 0.533. The van der Waals surface area contributed by atoms with Crippen LogP contribution in [0.3, 0.4) is 0 Å². The van der Waals surface area contributed by atoms with Gasteiger partial charge in [0.15, 0.2) is 4.67 Å².